The van der Waals surface area contributed by atoms with Crippen molar-refractivity contribution in [2.45, 2.75) is 48.5 Å². The van der Waals surface area contributed by atoms with Crippen molar-refractivity contribution in [3.05, 3.63) is 178 Å². The summed E-state index contributed by atoms with van der Waals surface area (Å²) in [4.78, 5) is 0. The van der Waals surface area contributed by atoms with E-state index < -0.39 is 0 Å². The topological polar surface area (TPSA) is 0 Å². The molecule has 0 amide bonds. The molecule has 0 radical (unpaired) electrons. The smallest absolute Gasteiger partial charge is 0.0148 e. The van der Waals surface area contributed by atoms with E-state index in [0.29, 0.717) is 0 Å². The van der Waals surface area contributed by atoms with Gasteiger partial charge < -0.3 is 0 Å². The van der Waals surface area contributed by atoms with Crippen LogP contribution in [0.25, 0.3) is 32.3 Å². The maximum absolute atomic E-state index is 2.26. The van der Waals surface area contributed by atoms with Crippen molar-refractivity contribution >= 4 is 32.3 Å². The van der Waals surface area contributed by atoms with Crippen LogP contribution in [0.4, 0.5) is 0 Å². The molecule has 0 heterocycles. The van der Waals surface area contributed by atoms with Crippen LogP contribution in [0.15, 0.2) is 140 Å². The number of hydrogen-bond acceptors (Lipinski definition) is 0. The van der Waals surface area contributed by atoms with Crippen LogP contribution < -0.4 is 0 Å². The molecule has 0 nitrogen and oxygen atoms in total. The van der Waals surface area contributed by atoms with Crippen molar-refractivity contribution in [3.63, 3.8) is 0 Å². The lowest BCUT2D eigenvalue weighted by molar-refractivity contribution is 1.23. The second-order valence-corrected chi connectivity index (χ2v) is 11.4. The largest absolute Gasteiger partial charge is 0.0622 e. The number of benzene rings is 7. The molecule has 43 heavy (non-hydrogen) atoms. The van der Waals surface area contributed by atoms with Crippen molar-refractivity contribution < 1.29 is 0 Å². The zero-order chi connectivity index (χ0) is 30.8. The van der Waals surface area contributed by atoms with Crippen LogP contribution >= 0.6 is 0 Å². The standard InChI is InChI=1S/C15H12.C11H10.C10H14.C7H8/c1-11-14-8-4-2-6-12(14)10-13-7-3-5-9-15(11)13;1-9-5-4-7-10-6-2-3-8-11(9)10;1-7-5-8(2)10(4)9(3)6-7;1-7-5-3-2-4-6-7/h2-10H,1H3;2-8H,1H3;5-6H,1-4H3;2-6H,1H3. The highest BCUT2D eigenvalue weighted by molar-refractivity contribution is 6.01. The van der Waals surface area contributed by atoms with E-state index in [9.17, 15) is 0 Å². The molecule has 0 spiro atoms. The Morgan fingerprint density at radius 2 is 0.721 bits per heavy atom. The minimum atomic E-state index is 1.32. The lowest BCUT2D eigenvalue weighted by Gasteiger charge is -2.06. The summed E-state index contributed by atoms with van der Waals surface area (Å²) in [5.74, 6) is 0. The zero-order valence-electron chi connectivity index (χ0n) is 26.8. The van der Waals surface area contributed by atoms with Crippen molar-refractivity contribution in [3.8, 4) is 0 Å². The maximum atomic E-state index is 2.26. The van der Waals surface area contributed by atoms with Crippen LogP contribution in [0.3, 0.4) is 0 Å². The first-order valence-corrected chi connectivity index (χ1v) is 15.1. The first-order valence-electron chi connectivity index (χ1n) is 15.1. The van der Waals surface area contributed by atoms with Crippen LogP contribution in [0.2, 0.25) is 0 Å². The van der Waals surface area contributed by atoms with Gasteiger partial charge in [0.05, 0.1) is 0 Å². The fourth-order valence-corrected chi connectivity index (χ4v) is 5.42. The monoisotopic (exact) mass is 560 g/mol. The molecule has 0 fully saturated rings. The van der Waals surface area contributed by atoms with Gasteiger partial charge in [0.15, 0.2) is 0 Å². The highest BCUT2D eigenvalue weighted by atomic mass is 14.1. The molecule has 0 aromatic heterocycles. The predicted molar refractivity (Wildman–Crippen MR) is 191 cm³/mol. The van der Waals surface area contributed by atoms with Crippen molar-refractivity contribution in [1.82, 2.24) is 0 Å². The molecule has 0 saturated carbocycles. The fraction of sp³-hybridized carbons (Fsp3) is 0.163. The summed E-state index contributed by atoms with van der Waals surface area (Å²) in [5.41, 5.74) is 9.63. The molecule has 7 aromatic rings. The molecule has 216 valence electrons. The summed E-state index contributed by atoms with van der Waals surface area (Å²) in [5, 5.41) is 8.05. The highest BCUT2D eigenvalue weighted by Gasteiger charge is 2.02. The Morgan fingerprint density at radius 1 is 0.279 bits per heavy atom. The van der Waals surface area contributed by atoms with Crippen LogP contribution in [0.5, 0.6) is 0 Å². The maximum Gasteiger partial charge on any atom is -0.0148 e. The summed E-state index contributed by atoms with van der Waals surface area (Å²) in [6.07, 6.45) is 0. The Kier molecular flexibility index (Phi) is 10.9. The Labute approximate surface area is 258 Å². The second kappa shape index (κ2) is 15.0. The van der Waals surface area contributed by atoms with Crippen LogP contribution in [0, 0.1) is 48.5 Å². The quantitative estimate of drug-likeness (QED) is 0.162. The first kappa shape index (κ1) is 31.3. The fourth-order valence-electron chi connectivity index (χ4n) is 5.42. The molecule has 7 aromatic carbocycles. The van der Waals surface area contributed by atoms with Crippen molar-refractivity contribution in [2.75, 3.05) is 0 Å². The normalized spacial score (nSPS) is 10.2. The third kappa shape index (κ3) is 8.43. The molecule has 0 N–H and O–H groups in total. The van der Waals surface area contributed by atoms with Gasteiger partial charge in [-0.15, -0.1) is 0 Å². The van der Waals surface area contributed by atoms with Gasteiger partial charge in [-0.05, 0) is 115 Å². The van der Waals surface area contributed by atoms with E-state index in [1.807, 2.05) is 18.2 Å². The molecular formula is C43H44. The highest BCUT2D eigenvalue weighted by Crippen LogP contribution is 2.27. The Hall–Kier alpha value is -4.68. The van der Waals surface area contributed by atoms with E-state index in [-0.39, 0.29) is 0 Å². The molecule has 0 aliphatic heterocycles. The van der Waals surface area contributed by atoms with E-state index >= 15 is 0 Å². The summed E-state index contributed by atoms with van der Waals surface area (Å²) in [7, 11) is 0. The first-order chi connectivity index (χ1) is 20.7. The zero-order valence-corrected chi connectivity index (χ0v) is 26.8. The summed E-state index contributed by atoms with van der Waals surface area (Å²) in [6, 6.07) is 48.9. The molecule has 0 unspecified atom stereocenters. The average Bonchev–Trinajstić information content (AvgIpc) is 3.02. The molecule has 0 saturated heterocycles. The van der Waals surface area contributed by atoms with Gasteiger partial charge in [-0.3, -0.25) is 0 Å². The Bertz CT molecular complexity index is 1840. The third-order valence-corrected chi connectivity index (χ3v) is 8.06. The van der Waals surface area contributed by atoms with E-state index in [2.05, 4.69) is 170 Å². The molecule has 0 atom stereocenters. The van der Waals surface area contributed by atoms with Crippen LogP contribution in [0.1, 0.15) is 38.9 Å². The number of hydrogen-bond donors (Lipinski definition) is 0. The predicted octanol–water partition coefficient (Wildman–Crippen LogP) is 12.4. The molecule has 0 aliphatic carbocycles. The van der Waals surface area contributed by atoms with Gasteiger partial charge in [-0.25, -0.2) is 0 Å². The lowest BCUT2D eigenvalue weighted by atomic mass is 9.98. The molecular weight excluding hydrogens is 516 g/mol. The second-order valence-electron chi connectivity index (χ2n) is 11.4. The third-order valence-electron chi connectivity index (χ3n) is 8.06. The van der Waals surface area contributed by atoms with Crippen LogP contribution in [-0.2, 0) is 0 Å². The van der Waals surface area contributed by atoms with Gasteiger partial charge in [0.25, 0.3) is 0 Å². The number of rotatable bonds is 0. The average molecular weight is 561 g/mol. The van der Waals surface area contributed by atoms with Gasteiger partial charge in [0.1, 0.15) is 0 Å². The van der Waals surface area contributed by atoms with Crippen molar-refractivity contribution in [1.29, 1.82) is 0 Å². The van der Waals surface area contributed by atoms with E-state index in [0.717, 1.165) is 0 Å². The Morgan fingerprint density at radius 3 is 1.21 bits per heavy atom. The summed E-state index contributed by atoms with van der Waals surface area (Å²) in [6.45, 7) is 15.1. The van der Waals surface area contributed by atoms with Gasteiger partial charge in [-0.2, -0.15) is 0 Å². The molecule has 0 heteroatoms. The Balaban J connectivity index is 0.000000136. The summed E-state index contributed by atoms with van der Waals surface area (Å²) >= 11 is 0. The van der Waals surface area contributed by atoms with Gasteiger partial charge in [0, 0.05) is 0 Å². The van der Waals surface area contributed by atoms with Crippen LogP contribution in [-0.4, -0.2) is 0 Å². The minimum absolute atomic E-state index is 1.32. The summed E-state index contributed by atoms with van der Waals surface area (Å²) < 4.78 is 0. The molecule has 7 rings (SSSR count). The number of aryl methyl sites for hydroxylation is 6. The van der Waals surface area contributed by atoms with E-state index in [1.54, 1.807) is 0 Å². The van der Waals surface area contributed by atoms with Gasteiger partial charge in [0.2, 0.25) is 0 Å². The number of fused-ring (bicyclic) bond motifs is 3. The minimum Gasteiger partial charge on any atom is -0.0622 e. The van der Waals surface area contributed by atoms with Gasteiger partial charge in [-0.1, -0.05) is 145 Å². The molecule has 0 bridgehead atoms. The molecule has 0 aliphatic rings. The van der Waals surface area contributed by atoms with Crippen molar-refractivity contribution in [2.24, 2.45) is 0 Å². The van der Waals surface area contributed by atoms with Gasteiger partial charge >= 0.3 is 0 Å². The van der Waals surface area contributed by atoms with E-state index in [1.165, 1.54) is 71.3 Å². The SMILES string of the molecule is Cc1c2ccccc2cc2ccccc12.Cc1cc(C)c(C)c(C)c1.Cc1cccc2ccccc12.Cc1ccccc1. The lowest BCUT2D eigenvalue weighted by Crippen LogP contribution is -1.86. The van der Waals surface area contributed by atoms with E-state index in [4.69, 9.17) is 0 Å².